The van der Waals surface area contributed by atoms with Crippen LogP contribution >= 0.6 is 34.2 Å². The molecular formula is C15H11ClIN3. The highest BCUT2D eigenvalue weighted by Gasteiger charge is 2.06. The van der Waals surface area contributed by atoms with Gasteiger partial charge in [-0.1, -0.05) is 11.6 Å². The van der Waals surface area contributed by atoms with E-state index in [4.69, 9.17) is 17.3 Å². The smallest absolute Gasteiger partial charge is 0.0651 e. The van der Waals surface area contributed by atoms with Crippen molar-refractivity contribution in [3.63, 3.8) is 0 Å². The third-order valence-electron chi connectivity index (χ3n) is 3.05. The van der Waals surface area contributed by atoms with Gasteiger partial charge in [-0.15, -0.1) is 0 Å². The number of anilines is 3. The zero-order valence-electron chi connectivity index (χ0n) is 10.4. The summed E-state index contributed by atoms with van der Waals surface area (Å²) in [6, 6.07) is 11.6. The van der Waals surface area contributed by atoms with Gasteiger partial charge in [0.25, 0.3) is 0 Å². The van der Waals surface area contributed by atoms with Gasteiger partial charge < -0.3 is 11.1 Å². The summed E-state index contributed by atoms with van der Waals surface area (Å²) in [5.74, 6) is 0. The lowest BCUT2D eigenvalue weighted by Crippen LogP contribution is -1.95. The van der Waals surface area contributed by atoms with E-state index in [2.05, 4.69) is 32.9 Å². The Hall–Kier alpha value is -1.53. The molecule has 3 nitrogen and oxygen atoms in total. The van der Waals surface area contributed by atoms with Crippen molar-refractivity contribution >= 4 is 62.0 Å². The number of pyridine rings is 1. The Morgan fingerprint density at radius 2 is 1.85 bits per heavy atom. The molecule has 0 aliphatic carbocycles. The average molecular weight is 396 g/mol. The fraction of sp³-hybridized carbons (Fsp3) is 0. The Morgan fingerprint density at radius 3 is 2.65 bits per heavy atom. The van der Waals surface area contributed by atoms with Crippen molar-refractivity contribution in [2.45, 2.75) is 0 Å². The molecule has 100 valence electrons. The number of nitrogen functional groups attached to an aromatic ring is 1. The lowest BCUT2D eigenvalue weighted by molar-refractivity contribution is 1.36. The Bertz CT molecular complexity index is 789. The summed E-state index contributed by atoms with van der Waals surface area (Å²) in [5, 5.41) is 5.98. The topological polar surface area (TPSA) is 50.9 Å². The molecule has 0 spiro atoms. The molecule has 5 heteroatoms. The van der Waals surface area contributed by atoms with E-state index in [9.17, 15) is 0 Å². The van der Waals surface area contributed by atoms with Gasteiger partial charge in [-0.3, -0.25) is 4.98 Å². The summed E-state index contributed by atoms with van der Waals surface area (Å²) in [7, 11) is 0. The summed E-state index contributed by atoms with van der Waals surface area (Å²) in [4.78, 5) is 4.16. The second-order valence-electron chi connectivity index (χ2n) is 4.37. The highest BCUT2D eigenvalue weighted by molar-refractivity contribution is 14.1. The second-order valence-corrected chi connectivity index (χ2v) is 6.03. The minimum atomic E-state index is 0.686. The number of nitrogens with zero attached hydrogens (tertiary/aromatic N) is 1. The maximum Gasteiger partial charge on any atom is 0.0651 e. The number of benzene rings is 2. The first-order valence-corrected chi connectivity index (χ1v) is 7.45. The molecule has 0 radical (unpaired) electrons. The number of nitrogens with two attached hydrogens (primary N) is 1. The van der Waals surface area contributed by atoms with Gasteiger partial charge in [-0.05, 0) is 59.0 Å². The van der Waals surface area contributed by atoms with Gasteiger partial charge in [0.2, 0.25) is 0 Å². The second kappa shape index (κ2) is 5.46. The molecule has 0 saturated carbocycles. The Balaban J connectivity index is 2.09. The first kappa shape index (κ1) is 13.5. The van der Waals surface area contributed by atoms with Crippen molar-refractivity contribution in [2.24, 2.45) is 0 Å². The highest BCUT2D eigenvalue weighted by Crippen LogP contribution is 2.32. The number of rotatable bonds is 2. The molecule has 1 aromatic heterocycles. The van der Waals surface area contributed by atoms with Gasteiger partial charge in [0.15, 0.2) is 0 Å². The number of hydrogen-bond acceptors (Lipinski definition) is 3. The fourth-order valence-electron chi connectivity index (χ4n) is 2.06. The predicted molar refractivity (Wildman–Crippen MR) is 93.6 cm³/mol. The maximum absolute atomic E-state index is 6.25. The zero-order valence-corrected chi connectivity index (χ0v) is 13.3. The number of fused-ring (bicyclic) bond motifs is 1. The first-order chi connectivity index (χ1) is 9.65. The molecule has 1 heterocycles. The molecule has 0 fully saturated rings. The molecule has 3 N–H and O–H groups in total. The van der Waals surface area contributed by atoms with E-state index in [0.717, 1.165) is 31.4 Å². The molecule has 0 amide bonds. The molecule has 0 atom stereocenters. The van der Waals surface area contributed by atoms with Crippen LogP contribution in [0.5, 0.6) is 0 Å². The van der Waals surface area contributed by atoms with E-state index in [-0.39, 0.29) is 0 Å². The maximum atomic E-state index is 6.25. The molecule has 0 unspecified atom stereocenters. The highest BCUT2D eigenvalue weighted by atomic mass is 127. The summed E-state index contributed by atoms with van der Waals surface area (Å²) in [6.45, 7) is 0. The SMILES string of the molecule is Nc1ccc(Nc2ccc(I)cc2Cl)c2cnccc12. The summed E-state index contributed by atoms with van der Waals surface area (Å²) < 4.78 is 1.10. The van der Waals surface area contributed by atoms with Crippen molar-refractivity contribution in [1.29, 1.82) is 0 Å². The molecule has 0 bridgehead atoms. The van der Waals surface area contributed by atoms with Crippen LogP contribution in [-0.2, 0) is 0 Å². The lowest BCUT2D eigenvalue weighted by atomic mass is 10.1. The Labute approximate surface area is 135 Å². The molecule has 0 aliphatic rings. The fourth-order valence-corrected chi connectivity index (χ4v) is 2.96. The standard InChI is InChI=1S/C15H11ClIN3/c16-12-7-9(17)1-3-15(12)20-14-4-2-13(18)10-5-6-19-8-11(10)14/h1-8,20H,18H2. The van der Waals surface area contributed by atoms with Crippen molar-refractivity contribution in [3.8, 4) is 0 Å². The summed E-state index contributed by atoms with van der Waals surface area (Å²) in [6.07, 6.45) is 3.54. The van der Waals surface area contributed by atoms with Crippen LogP contribution in [0.1, 0.15) is 0 Å². The van der Waals surface area contributed by atoms with E-state index < -0.39 is 0 Å². The van der Waals surface area contributed by atoms with E-state index in [1.807, 2.05) is 36.4 Å². The Morgan fingerprint density at radius 1 is 1.05 bits per heavy atom. The summed E-state index contributed by atoms with van der Waals surface area (Å²) in [5.41, 5.74) is 8.52. The minimum absolute atomic E-state index is 0.686. The number of nitrogens with one attached hydrogen (secondary N) is 1. The van der Waals surface area contributed by atoms with Gasteiger partial charge in [-0.2, -0.15) is 0 Å². The number of hydrogen-bond donors (Lipinski definition) is 2. The normalized spacial score (nSPS) is 10.7. The van der Waals surface area contributed by atoms with Crippen LogP contribution in [0.15, 0.2) is 48.8 Å². The number of halogens is 2. The van der Waals surface area contributed by atoms with Crippen LogP contribution in [0.25, 0.3) is 10.8 Å². The molecule has 20 heavy (non-hydrogen) atoms. The van der Waals surface area contributed by atoms with Gasteiger partial charge in [-0.25, -0.2) is 0 Å². The predicted octanol–water partition coefficient (Wildman–Crippen LogP) is 4.82. The summed E-state index contributed by atoms with van der Waals surface area (Å²) >= 11 is 8.49. The van der Waals surface area contributed by atoms with Gasteiger partial charge in [0, 0.05) is 38.1 Å². The van der Waals surface area contributed by atoms with E-state index in [1.54, 1.807) is 12.4 Å². The number of aromatic nitrogens is 1. The van der Waals surface area contributed by atoms with E-state index in [1.165, 1.54) is 0 Å². The third kappa shape index (κ3) is 2.53. The van der Waals surface area contributed by atoms with Crippen molar-refractivity contribution in [2.75, 3.05) is 11.1 Å². The van der Waals surface area contributed by atoms with Crippen LogP contribution in [0.3, 0.4) is 0 Å². The lowest BCUT2D eigenvalue weighted by Gasteiger charge is -2.12. The van der Waals surface area contributed by atoms with Crippen molar-refractivity contribution in [1.82, 2.24) is 4.98 Å². The molecular weight excluding hydrogens is 385 g/mol. The average Bonchev–Trinajstić information content (AvgIpc) is 2.45. The Kier molecular flexibility index (Phi) is 3.67. The zero-order chi connectivity index (χ0) is 14.1. The van der Waals surface area contributed by atoms with Crippen LogP contribution in [0.4, 0.5) is 17.1 Å². The van der Waals surface area contributed by atoms with Gasteiger partial charge >= 0.3 is 0 Å². The first-order valence-electron chi connectivity index (χ1n) is 5.99. The van der Waals surface area contributed by atoms with E-state index >= 15 is 0 Å². The van der Waals surface area contributed by atoms with Crippen molar-refractivity contribution < 1.29 is 0 Å². The third-order valence-corrected chi connectivity index (χ3v) is 4.04. The minimum Gasteiger partial charge on any atom is -0.398 e. The van der Waals surface area contributed by atoms with Gasteiger partial charge in [0.1, 0.15) is 0 Å². The van der Waals surface area contributed by atoms with Gasteiger partial charge in [0.05, 0.1) is 10.7 Å². The molecule has 3 aromatic rings. The van der Waals surface area contributed by atoms with Crippen LogP contribution in [-0.4, -0.2) is 4.98 Å². The molecule has 0 saturated heterocycles. The molecule has 3 rings (SSSR count). The van der Waals surface area contributed by atoms with Crippen LogP contribution in [0.2, 0.25) is 5.02 Å². The quantitative estimate of drug-likeness (QED) is 0.483. The van der Waals surface area contributed by atoms with Crippen LogP contribution < -0.4 is 11.1 Å². The largest absolute Gasteiger partial charge is 0.398 e. The van der Waals surface area contributed by atoms with Crippen LogP contribution in [0, 0.1) is 3.57 Å². The van der Waals surface area contributed by atoms with Crippen molar-refractivity contribution in [3.05, 3.63) is 57.4 Å². The molecule has 0 aliphatic heterocycles. The monoisotopic (exact) mass is 395 g/mol. The van der Waals surface area contributed by atoms with E-state index in [0.29, 0.717) is 5.02 Å². The molecule has 2 aromatic carbocycles.